The number of hydrogen-bond donors (Lipinski definition) is 2. The van der Waals surface area contributed by atoms with E-state index in [0.717, 1.165) is 36.1 Å². The molecule has 0 aliphatic carbocycles. The first-order valence-corrected chi connectivity index (χ1v) is 7.89. The zero-order chi connectivity index (χ0) is 22.9. The molecule has 0 aliphatic rings. The normalized spacial score (nSPS) is 8.80. The van der Waals surface area contributed by atoms with E-state index in [-0.39, 0.29) is 20.4 Å². The molecule has 0 atom stereocenters. The summed E-state index contributed by atoms with van der Waals surface area (Å²) in [4.78, 5) is 7.75. The van der Waals surface area contributed by atoms with Crippen LogP contribution in [0.2, 0.25) is 0 Å². The van der Waals surface area contributed by atoms with E-state index < -0.39 is 11.9 Å². The summed E-state index contributed by atoms with van der Waals surface area (Å²) in [5, 5.41) is 17.2. The SMILES string of the molecule is CO.CO.[CH-]=O.[CH2-]n1nc(C(F)(F)F)cc1C.[Re].[c-]1ccccc1-c1[c-]cccc1. The van der Waals surface area contributed by atoms with Gasteiger partial charge in [-0.25, -0.2) is 16.2 Å². The molecular formula is C21H23F3N2O3Re-4. The number of aromatic nitrogens is 2. The number of aliphatic hydroxyl groups excluding tert-OH is 2. The Labute approximate surface area is 188 Å². The quantitative estimate of drug-likeness (QED) is 0.333. The summed E-state index contributed by atoms with van der Waals surface area (Å²) in [7, 11) is 5.26. The van der Waals surface area contributed by atoms with Crippen LogP contribution in [0.15, 0.2) is 54.6 Å². The third-order valence-electron chi connectivity index (χ3n) is 2.98. The summed E-state index contributed by atoms with van der Waals surface area (Å²) in [6, 6.07) is 23.1. The molecule has 0 spiro atoms. The Bertz CT molecular complexity index is 711. The van der Waals surface area contributed by atoms with Crippen LogP contribution in [0.3, 0.4) is 0 Å². The van der Waals surface area contributed by atoms with Gasteiger partial charge in [-0.1, -0.05) is 13.0 Å². The van der Waals surface area contributed by atoms with Gasteiger partial charge in [0.15, 0.2) is 0 Å². The predicted octanol–water partition coefficient (Wildman–Crippen LogP) is 3.74. The smallest absolute Gasteiger partial charge is 0.433 e. The minimum absolute atomic E-state index is 0. The molecule has 2 N–H and O–H groups in total. The fraction of sp³-hybridized carbons (Fsp3) is 0.190. The van der Waals surface area contributed by atoms with Crippen molar-refractivity contribution in [2.75, 3.05) is 14.2 Å². The van der Waals surface area contributed by atoms with Crippen LogP contribution >= 0.6 is 0 Å². The van der Waals surface area contributed by atoms with E-state index in [9.17, 15) is 13.2 Å². The van der Waals surface area contributed by atoms with Crippen LogP contribution in [-0.2, 0) is 31.4 Å². The number of halogens is 3. The molecule has 0 saturated carbocycles. The molecule has 3 rings (SSSR count). The van der Waals surface area contributed by atoms with Crippen LogP contribution in [-0.4, -0.2) is 41.0 Å². The van der Waals surface area contributed by atoms with Crippen molar-refractivity contribution in [3.63, 3.8) is 0 Å². The van der Waals surface area contributed by atoms with Crippen molar-refractivity contribution >= 4 is 6.79 Å². The van der Waals surface area contributed by atoms with Crippen molar-refractivity contribution < 1.29 is 48.6 Å². The first-order valence-electron chi connectivity index (χ1n) is 7.89. The van der Waals surface area contributed by atoms with Crippen LogP contribution in [0.25, 0.3) is 11.1 Å². The van der Waals surface area contributed by atoms with E-state index in [0.29, 0.717) is 5.69 Å². The molecule has 9 heteroatoms. The Morgan fingerprint density at radius 2 is 1.37 bits per heavy atom. The number of nitrogens with zero attached hydrogens (tertiary/aromatic N) is 2. The van der Waals surface area contributed by atoms with Gasteiger partial charge in [0.05, 0.1) is 0 Å². The van der Waals surface area contributed by atoms with E-state index >= 15 is 0 Å². The predicted molar refractivity (Wildman–Crippen MR) is 105 cm³/mol. The number of alkyl halides is 3. The first kappa shape index (κ1) is 32.2. The molecule has 2 aromatic carbocycles. The minimum atomic E-state index is -4.37. The molecular weight excluding hydrogens is 571 g/mol. The molecule has 0 aliphatic heterocycles. The van der Waals surface area contributed by atoms with Gasteiger partial charge in [-0.2, -0.15) is 68.7 Å². The Balaban J connectivity index is -0.000000380. The van der Waals surface area contributed by atoms with Crippen LogP contribution < -0.4 is 0 Å². The number of rotatable bonds is 1. The van der Waals surface area contributed by atoms with Gasteiger partial charge in [-0.15, -0.1) is 17.8 Å². The summed E-state index contributed by atoms with van der Waals surface area (Å²) in [6.07, 6.45) is -4.37. The zero-order valence-corrected chi connectivity index (χ0v) is 19.4. The van der Waals surface area contributed by atoms with Gasteiger partial charge in [0, 0.05) is 34.6 Å². The molecule has 0 saturated heterocycles. The zero-order valence-electron chi connectivity index (χ0n) is 16.7. The van der Waals surface area contributed by atoms with Crippen molar-refractivity contribution in [2.24, 2.45) is 0 Å². The molecule has 30 heavy (non-hydrogen) atoms. The number of aryl methyl sites for hydroxylation is 1. The van der Waals surface area contributed by atoms with Gasteiger partial charge in [0.1, 0.15) is 5.69 Å². The van der Waals surface area contributed by atoms with E-state index in [4.69, 9.17) is 15.0 Å². The number of carbonyl (C=O) groups excluding carboxylic acids is 1. The average Bonchev–Trinajstić information content (AvgIpc) is 3.13. The summed E-state index contributed by atoms with van der Waals surface area (Å²) >= 11 is 0. The largest absolute Gasteiger partial charge is 0.545 e. The van der Waals surface area contributed by atoms with E-state index in [1.165, 1.54) is 6.92 Å². The van der Waals surface area contributed by atoms with E-state index in [1.54, 1.807) is 0 Å². The maximum Gasteiger partial charge on any atom is 0.433 e. The minimum Gasteiger partial charge on any atom is -0.545 e. The van der Waals surface area contributed by atoms with Crippen molar-refractivity contribution in [1.29, 1.82) is 0 Å². The Hall–Kier alpha value is -2.44. The molecule has 0 amide bonds. The molecule has 0 unspecified atom stereocenters. The number of hydrogen-bond acceptors (Lipinski definition) is 4. The average molecular weight is 595 g/mol. The second-order valence-electron chi connectivity index (χ2n) is 4.72. The summed E-state index contributed by atoms with van der Waals surface area (Å²) < 4.78 is 36.6. The fourth-order valence-electron chi connectivity index (χ4n) is 1.77. The van der Waals surface area contributed by atoms with Gasteiger partial charge in [0.25, 0.3) is 0 Å². The van der Waals surface area contributed by atoms with Gasteiger partial charge in [0.2, 0.25) is 0 Å². The molecule has 5 nitrogen and oxygen atoms in total. The number of benzene rings is 2. The van der Waals surface area contributed by atoms with Crippen LogP contribution in [0.5, 0.6) is 0 Å². The molecule has 1 heterocycles. The van der Waals surface area contributed by atoms with Crippen LogP contribution in [0.4, 0.5) is 13.2 Å². The Kier molecular flexibility index (Phi) is 20.0. The molecule has 1 aromatic heterocycles. The molecule has 1 radical (unpaired) electrons. The maximum absolute atomic E-state index is 11.9. The van der Waals surface area contributed by atoms with Crippen molar-refractivity contribution in [3.8, 4) is 11.1 Å². The first-order chi connectivity index (χ1) is 13.9. The van der Waals surface area contributed by atoms with Crippen molar-refractivity contribution in [1.82, 2.24) is 9.78 Å². The molecule has 167 valence electrons. The summed E-state index contributed by atoms with van der Waals surface area (Å²) in [5.74, 6) is 0. The topological polar surface area (TPSA) is 75.3 Å². The van der Waals surface area contributed by atoms with Gasteiger partial charge < -0.3 is 19.7 Å². The fourth-order valence-corrected chi connectivity index (χ4v) is 1.77. The third kappa shape index (κ3) is 12.2. The molecule has 3 aromatic rings. The Morgan fingerprint density at radius 1 is 0.967 bits per heavy atom. The maximum atomic E-state index is 11.9. The van der Waals surface area contributed by atoms with Gasteiger partial charge in [-0.05, 0) is 0 Å². The third-order valence-corrected chi connectivity index (χ3v) is 2.98. The summed E-state index contributed by atoms with van der Waals surface area (Å²) in [6.45, 7) is 4.76. The van der Waals surface area contributed by atoms with Gasteiger partial charge in [-0.3, -0.25) is 6.79 Å². The van der Waals surface area contributed by atoms with E-state index in [1.807, 2.05) is 48.5 Å². The van der Waals surface area contributed by atoms with E-state index in [2.05, 4.69) is 31.1 Å². The molecule has 0 fully saturated rings. The van der Waals surface area contributed by atoms with Crippen molar-refractivity contribution in [2.45, 2.75) is 13.1 Å². The standard InChI is InChI=1S/C12H8.C6H6F3N2.2CH4O.CHO.Re/c1-3-7-11(8-4-1)12-9-5-2-6-10-12;1-4-3-5(6(7,8)9)10-11(4)2;3*1-2;/h1-7,9H;3H,2H2,1H3;2*2H,1H3;1H;/q-2;-1;;;-1;. The van der Waals surface area contributed by atoms with Gasteiger partial charge >= 0.3 is 6.18 Å². The molecule has 0 bridgehead atoms. The second kappa shape index (κ2) is 18.6. The van der Waals surface area contributed by atoms with Crippen molar-refractivity contribution in [3.05, 3.63) is 85.2 Å². The number of aliphatic hydroxyl groups is 2. The monoisotopic (exact) mass is 595 g/mol. The summed E-state index contributed by atoms with van der Waals surface area (Å²) in [5.41, 5.74) is 1.68. The van der Waals surface area contributed by atoms with Crippen LogP contribution in [0, 0.1) is 26.1 Å². The van der Waals surface area contributed by atoms with Crippen LogP contribution in [0.1, 0.15) is 11.4 Å². The Morgan fingerprint density at radius 3 is 1.57 bits per heavy atom. The second-order valence-corrected chi connectivity index (χ2v) is 4.72.